The van der Waals surface area contributed by atoms with Gasteiger partial charge in [-0.3, -0.25) is 4.68 Å². The monoisotopic (exact) mass is 576 g/mol. The van der Waals surface area contributed by atoms with Gasteiger partial charge in [-0.05, 0) is 36.0 Å². The van der Waals surface area contributed by atoms with Crippen LogP contribution >= 0.6 is 0 Å². The molecule has 4 rings (SSSR count). The van der Waals surface area contributed by atoms with Gasteiger partial charge in [0.1, 0.15) is 0 Å². The fourth-order valence-electron chi connectivity index (χ4n) is 1.97. The van der Waals surface area contributed by atoms with E-state index in [4.69, 9.17) is 0 Å². The van der Waals surface area contributed by atoms with Crippen LogP contribution in [0.5, 0.6) is 0 Å². The van der Waals surface area contributed by atoms with Gasteiger partial charge in [0.2, 0.25) is 0 Å². The van der Waals surface area contributed by atoms with Crippen molar-refractivity contribution in [2.24, 2.45) is 0 Å². The first kappa shape index (κ1) is 24.5. The zero-order valence-corrected chi connectivity index (χ0v) is 18.8. The van der Waals surface area contributed by atoms with E-state index in [2.05, 4.69) is 34.5 Å². The molecule has 1 aromatic carbocycles. The second-order valence-electron chi connectivity index (χ2n) is 5.33. The molecule has 0 aliphatic rings. The summed E-state index contributed by atoms with van der Waals surface area (Å²) in [6.45, 7) is 7.06. The van der Waals surface area contributed by atoms with E-state index in [1.54, 1.807) is 44.8 Å². The summed E-state index contributed by atoms with van der Waals surface area (Å²) in [5.74, 6) is 0. The van der Waals surface area contributed by atoms with Crippen molar-refractivity contribution in [2.75, 3.05) is 0 Å². The summed E-state index contributed by atoms with van der Waals surface area (Å²) in [7, 11) is 0. The predicted molar refractivity (Wildman–Crippen MR) is 118 cm³/mol. The predicted octanol–water partition coefficient (Wildman–Crippen LogP) is 4.75. The number of hydrogen-bond donors (Lipinski definition) is 0. The summed E-state index contributed by atoms with van der Waals surface area (Å²) in [5.41, 5.74) is 0.970. The summed E-state index contributed by atoms with van der Waals surface area (Å²) in [6, 6.07) is 16.4. The molecule has 3 aromatic heterocycles. The fourth-order valence-corrected chi connectivity index (χ4v) is 1.97. The minimum atomic E-state index is 0. The molecule has 3 heterocycles. The number of aromatic nitrogens is 6. The third-order valence-corrected chi connectivity index (χ3v) is 3.24. The number of benzene rings is 1. The number of allylic oxidation sites excluding steroid dienone is 4. The molecule has 0 saturated carbocycles. The number of para-hydroxylation sites is 1. The Kier molecular flexibility index (Phi) is 12.6. The molecule has 0 N–H and O–H groups in total. The van der Waals surface area contributed by atoms with Crippen LogP contribution in [0.1, 0.15) is 0 Å². The van der Waals surface area contributed by atoms with Gasteiger partial charge in [0.15, 0.2) is 0 Å². The number of rotatable bonds is 5. The van der Waals surface area contributed by atoms with E-state index < -0.39 is 0 Å². The van der Waals surface area contributed by atoms with Gasteiger partial charge >= 0.3 is 0 Å². The molecule has 6 nitrogen and oxygen atoms in total. The molecule has 0 bridgehead atoms. The number of hydrogen-bond acceptors (Lipinski definition) is 3. The van der Waals surface area contributed by atoms with Gasteiger partial charge in [-0.2, -0.15) is 39.6 Å². The molecule has 0 fully saturated rings. The van der Waals surface area contributed by atoms with E-state index in [0.717, 1.165) is 5.69 Å². The van der Waals surface area contributed by atoms with Crippen LogP contribution in [0.2, 0.25) is 0 Å². The molecule has 7 heteroatoms. The van der Waals surface area contributed by atoms with Crippen LogP contribution < -0.4 is 0 Å². The number of nitrogens with zero attached hydrogens (tertiary/aromatic N) is 6. The average Bonchev–Trinajstić information content (AvgIpc) is 3.56. The second kappa shape index (κ2) is 15.4. The Labute approximate surface area is 190 Å². The molecule has 1 radical (unpaired) electrons. The Bertz CT molecular complexity index is 922. The summed E-state index contributed by atoms with van der Waals surface area (Å²) < 4.78 is 5.20. The Morgan fingerprint density at radius 1 is 0.733 bits per heavy atom. The molecule has 0 aliphatic heterocycles. The molecular weight excluding hydrogens is 553 g/mol. The summed E-state index contributed by atoms with van der Waals surface area (Å²) in [5, 5.41) is 11.9. The van der Waals surface area contributed by atoms with Crippen molar-refractivity contribution in [2.45, 2.75) is 0 Å². The molecule has 155 valence electrons. The van der Waals surface area contributed by atoms with Crippen molar-refractivity contribution < 1.29 is 20.1 Å². The van der Waals surface area contributed by atoms with Crippen molar-refractivity contribution in [1.82, 2.24) is 29.3 Å². The standard InChI is InChI=1S/C9H7N2.2C7H8N2.Ir/c1-2-5-9(6-3-1)11-8-4-7-10-11;2*1-2-3-6-9-7-4-5-8-9;/h1-5,7-8H;2*2-7H,1H2;/q-1;;;/b;2*6-3+;. The molecule has 0 atom stereocenters. The van der Waals surface area contributed by atoms with Gasteiger partial charge in [-0.25, -0.2) is 9.36 Å². The van der Waals surface area contributed by atoms with Crippen LogP contribution in [0.3, 0.4) is 0 Å². The quantitative estimate of drug-likeness (QED) is 0.255. The van der Waals surface area contributed by atoms with Crippen molar-refractivity contribution in [3.05, 3.63) is 123 Å². The van der Waals surface area contributed by atoms with E-state index in [1.807, 2.05) is 85.6 Å². The maximum atomic E-state index is 4.07. The zero-order chi connectivity index (χ0) is 20.6. The molecule has 0 unspecified atom stereocenters. The van der Waals surface area contributed by atoms with Gasteiger partial charge in [0.25, 0.3) is 0 Å². The zero-order valence-electron chi connectivity index (χ0n) is 16.4. The van der Waals surface area contributed by atoms with Gasteiger partial charge < -0.3 is 0 Å². The minimum absolute atomic E-state index is 0. The van der Waals surface area contributed by atoms with E-state index in [1.165, 1.54) is 0 Å². The van der Waals surface area contributed by atoms with Crippen LogP contribution in [0, 0.1) is 6.07 Å². The smallest absolute Gasteiger partial charge is 0.0493 e. The van der Waals surface area contributed by atoms with Crippen molar-refractivity contribution >= 4 is 12.4 Å². The largest absolute Gasteiger partial charge is 0.266 e. The Morgan fingerprint density at radius 2 is 1.30 bits per heavy atom. The van der Waals surface area contributed by atoms with E-state index in [-0.39, 0.29) is 20.1 Å². The summed E-state index contributed by atoms with van der Waals surface area (Å²) in [4.78, 5) is 0. The van der Waals surface area contributed by atoms with Crippen molar-refractivity contribution in [3.63, 3.8) is 0 Å². The minimum Gasteiger partial charge on any atom is -0.266 e. The third kappa shape index (κ3) is 9.59. The Balaban J connectivity index is 0.000000223. The summed E-state index contributed by atoms with van der Waals surface area (Å²) in [6.07, 6.45) is 21.6. The molecule has 0 amide bonds. The van der Waals surface area contributed by atoms with Gasteiger partial charge in [0.05, 0.1) is 0 Å². The second-order valence-corrected chi connectivity index (χ2v) is 5.33. The normalized spacial score (nSPS) is 9.73. The Morgan fingerprint density at radius 3 is 1.70 bits per heavy atom. The third-order valence-electron chi connectivity index (χ3n) is 3.24. The molecule has 4 aromatic rings. The average molecular weight is 576 g/mol. The van der Waals surface area contributed by atoms with Crippen LogP contribution in [0.4, 0.5) is 0 Å². The van der Waals surface area contributed by atoms with E-state index in [0.29, 0.717) is 0 Å². The molecule has 0 spiro atoms. The van der Waals surface area contributed by atoms with Gasteiger partial charge in [-0.1, -0.05) is 25.3 Å². The van der Waals surface area contributed by atoms with Gasteiger partial charge in [0, 0.05) is 69.7 Å². The topological polar surface area (TPSA) is 53.5 Å². The Hall–Kier alpha value is -3.54. The van der Waals surface area contributed by atoms with Crippen LogP contribution in [0.25, 0.3) is 18.1 Å². The summed E-state index contributed by atoms with van der Waals surface area (Å²) >= 11 is 0. The SMILES string of the molecule is C=C/C=C/n1cccn1.C=C/C=C/n1cccn1.[Ir].[c-]1ccccc1-n1cccn1. The van der Waals surface area contributed by atoms with E-state index in [9.17, 15) is 0 Å². The first-order valence-electron chi connectivity index (χ1n) is 8.87. The van der Waals surface area contributed by atoms with E-state index >= 15 is 0 Å². The molecule has 0 saturated heterocycles. The first-order chi connectivity index (χ1) is 14.3. The molecule has 30 heavy (non-hydrogen) atoms. The van der Waals surface area contributed by atoms with Crippen LogP contribution in [0.15, 0.2) is 117 Å². The van der Waals surface area contributed by atoms with Crippen molar-refractivity contribution in [3.8, 4) is 5.69 Å². The fraction of sp³-hybridized carbons (Fsp3) is 0. The van der Waals surface area contributed by atoms with Crippen LogP contribution in [-0.2, 0) is 20.1 Å². The molecular formula is C23H23IrN6-. The van der Waals surface area contributed by atoms with Gasteiger partial charge in [-0.15, -0.1) is 6.07 Å². The first-order valence-corrected chi connectivity index (χ1v) is 8.87. The maximum absolute atomic E-state index is 4.07. The van der Waals surface area contributed by atoms with Crippen LogP contribution in [-0.4, -0.2) is 29.3 Å². The maximum Gasteiger partial charge on any atom is 0.0493 e. The molecule has 0 aliphatic carbocycles. The van der Waals surface area contributed by atoms with Crippen molar-refractivity contribution in [1.29, 1.82) is 0 Å².